The van der Waals surface area contributed by atoms with Gasteiger partial charge in [-0.25, -0.2) is 4.39 Å². The van der Waals surface area contributed by atoms with Gasteiger partial charge in [0.2, 0.25) is 0 Å². The highest BCUT2D eigenvalue weighted by molar-refractivity contribution is 5.94. The highest BCUT2D eigenvalue weighted by atomic mass is 19.1. The Labute approximate surface area is 145 Å². The maximum absolute atomic E-state index is 13.6. The van der Waals surface area contributed by atoms with E-state index in [1.54, 1.807) is 36.4 Å². The van der Waals surface area contributed by atoms with Crippen LogP contribution in [0.1, 0.15) is 31.7 Å². The molecule has 2 aromatic carbocycles. The van der Waals surface area contributed by atoms with Crippen LogP contribution >= 0.6 is 0 Å². The highest BCUT2D eigenvalue weighted by Crippen LogP contribution is 2.21. The summed E-state index contributed by atoms with van der Waals surface area (Å²) >= 11 is 0. The average Bonchev–Trinajstić information content (AvgIpc) is 2.56. The van der Waals surface area contributed by atoms with Crippen molar-refractivity contribution >= 4 is 17.6 Å². The molecule has 0 aliphatic rings. The number of carboxylic acids is 1. The Balaban J connectivity index is 1.95. The number of carbonyl (C=O) groups is 2. The van der Waals surface area contributed by atoms with Gasteiger partial charge in [-0.15, -0.1) is 0 Å². The highest BCUT2D eigenvalue weighted by Gasteiger charge is 2.17. The Morgan fingerprint density at radius 1 is 1.12 bits per heavy atom. The lowest BCUT2D eigenvalue weighted by molar-refractivity contribution is -0.137. The van der Waals surface area contributed by atoms with Gasteiger partial charge in [-0.2, -0.15) is 0 Å². The van der Waals surface area contributed by atoms with Gasteiger partial charge < -0.3 is 15.2 Å². The Bertz CT molecular complexity index is 745. The lowest BCUT2D eigenvalue weighted by Gasteiger charge is -2.16. The Hall–Kier alpha value is -2.89. The number of anilines is 1. The molecule has 0 spiro atoms. The number of halogens is 1. The van der Waals surface area contributed by atoms with Crippen LogP contribution in [0.15, 0.2) is 48.5 Å². The molecule has 0 aromatic heterocycles. The number of benzene rings is 2. The molecule has 2 N–H and O–H groups in total. The van der Waals surface area contributed by atoms with Gasteiger partial charge >= 0.3 is 5.97 Å². The van der Waals surface area contributed by atoms with E-state index in [1.807, 2.05) is 6.92 Å². The smallest absolute Gasteiger partial charge is 0.303 e. The van der Waals surface area contributed by atoms with Crippen LogP contribution in [-0.2, 0) is 9.59 Å². The molecule has 0 radical (unpaired) electrons. The molecule has 0 fully saturated rings. The molecule has 0 bridgehead atoms. The largest absolute Gasteiger partial charge is 0.481 e. The Morgan fingerprint density at radius 2 is 1.76 bits per heavy atom. The molecule has 2 atom stereocenters. The van der Waals surface area contributed by atoms with E-state index in [0.717, 1.165) is 5.56 Å². The number of nitrogens with one attached hydrogen (secondary N) is 1. The number of amides is 1. The molecule has 25 heavy (non-hydrogen) atoms. The zero-order valence-electron chi connectivity index (χ0n) is 14.0. The van der Waals surface area contributed by atoms with Gasteiger partial charge in [-0.05, 0) is 42.7 Å². The predicted molar refractivity (Wildman–Crippen MR) is 92.2 cm³/mol. The van der Waals surface area contributed by atoms with Crippen LogP contribution < -0.4 is 10.1 Å². The molecule has 5 nitrogen and oxygen atoms in total. The molecule has 132 valence electrons. The summed E-state index contributed by atoms with van der Waals surface area (Å²) < 4.78 is 18.9. The number of carbonyl (C=O) groups excluding carboxylic acids is 1. The third-order valence-electron chi connectivity index (χ3n) is 3.74. The van der Waals surface area contributed by atoms with Gasteiger partial charge in [-0.1, -0.05) is 31.2 Å². The van der Waals surface area contributed by atoms with E-state index in [9.17, 15) is 14.0 Å². The lowest BCUT2D eigenvalue weighted by atomic mass is 9.98. The van der Waals surface area contributed by atoms with Crippen molar-refractivity contribution in [1.82, 2.24) is 0 Å². The van der Waals surface area contributed by atoms with Crippen LogP contribution in [0, 0.1) is 5.82 Å². The second kappa shape index (κ2) is 8.28. The minimum Gasteiger partial charge on any atom is -0.481 e. The first-order valence-electron chi connectivity index (χ1n) is 7.90. The van der Waals surface area contributed by atoms with Gasteiger partial charge in [0.05, 0.1) is 6.42 Å². The van der Waals surface area contributed by atoms with Crippen molar-refractivity contribution in [3.63, 3.8) is 0 Å². The van der Waals surface area contributed by atoms with Crippen molar-refractivity contribution in [1.29, 1.82) is 0 Å². The van der Waals surface area contributed by atoms with Crippen LogP contribution in [0.3, 0.4) is 0 Å². The molecule has 6 heteroatoms. The number of hydrogen-bond donors (Lipinski definition) is 2. The first-order chi connectivity index (χ1) is 11.9. The number of carboxylic acid groups (broad SMARTS) is 1. The fourth-order valence-electron chi connectivity index (χ4n) is 2.30. The normalized spacial score (nSPS) is 12.9. The second-order valence-electron chi connectivity index (χ2n) is 5.80. The monoisotopic (exact) mass is 345 g/mol. The molecule has 0 saturated heterocycles. The van der Waals surface area contributed by atoms with Crippen molar-refractivity contribution in [2.45, 2.75) is 32.3 Å². The third-order valence-corrected chi connectivity index (χ3v) is 3.74. The SMILES string of the molecule is CC(Oc1ccccc1F)C(=O)Nc1ccc(C(C)CC(=O)O)cc1. The topological polar surface area (TPSA) is 75.6 Å². The van der Waals surface area contributed by atoms with Gasteiger partial charge in [0, 0.05) is 5.69 Å². The van der Waals surface area contributed by atoms with Crippen LogP contribution in [0.5, 0.6) is 5.75 Å². The minimum absolute atomic E-state index is 0.0167. The second-order valence-corrected chi connectivity index (χ2v) is 5.80. The van der Waals surface area contributed by atoms with Crippen LogP contribution in [0.2, 0.25) is 0 Å². The number of aliphatic carboxylic acids is 1. The summed E-state index contributed by atoms with van der Waals surface area (Å²) in [5.41, 5.74) is 1.43. The molecule has 0 aliphatic heterocycles. The maximum atomic E-state index is 13.6. The fourth-order valence-corrected chi connectivity index (χ4v) is 2.30. The summed E-state index contributed by atoms with van der Waals surface area (Å²) in [5, 5.41) is 11.5. The standard InChI is InChI=1S/C19H20FNO4/c1-12(11-18(22)23)14-7-9-15(10-8-14)21-19(24)13(2)25-17-6-4-3-5-16(17)20/h3-10,12-13H,11H2,1-2H3,(H,21,24)(H,22,23). The molecule has 2 rings (SSSR count). The molecule has 2 unspecified atom stereocenters. The van der Waals surface area contributed by atoms with Crippen LogP contribution in [0.4, 0.5) is 10.1 Å². The van der Waals surface area contributed by atoms with Crippen molar-refractivity contribution in [3.8, 4) is 5.75 Å². The first kappa shape index (κ1) is 18.4. The number of para-hydroxylation sites is 1. The zero-order chi connectivity index (χ0) is 18.4. The number of ether oxygens (including phenoxy) is 1. The zero-order valence-corrected chi connectivity index (χ0v) is 14.0. The van der Waals surface area contributed by atoms with E-state index in [4.69, 9.17) is 9.84 Å². The molecule has 2 aromatic rings. The minimum atomic E-state index is -0.873. The average molecular weight is 345 g/mol. The van der Waals surface area contributed by atoms with Gasteiger partial charge in [-0.3, -0.25) is 9.59 Å². The third kappa shape index (κ3) is 5.31. The molecule has 0 aliphatic carbocycles. The van der Waals surface area contributed by atoms with Crippen LogP contribution in [0.25, 0.3) is 0 Å². The fraction of sp³-hybridized carbons (Fsp3) is 0.263. The molecule has 1 amide bonds. The quantitative estimate of drug-likeness (QED) is 0.800. The summed E-state index contributed by atoms with van der Waals surface area (Å²) in [5.74, 6) is -1.90. The van der Waals surface area contributed by atoms with E-state index in [-0.39, 0.29) is 18.1 Å². The van der Waals surface area contributed by atoms with Crippen molar-refractivity contribution in [2.75, 3.05) is 5.32 Å². The molecular weight excluding hydrogens is 325 g/mol. The maximum Gasteiger partial charge on any atom is 0.303 e. The molecule has 0 heterocycles. The molecular formula is C19H20FNO4. The molecule has 0 saturated carbocycles. The summed E-state index contributed by atoms with van der Waals surface area (Å²) in [4.78, 5) is 22.9. The summed E-state index contributed by atoms with van der Waals surface area (Å²) in [6.07, 6.45) is -0.832. The van der Waals surface area contributed by atoms with Gasteiger partial charge in [0.25, 0.3) is 5.91 Å². The van der Waals surface area contributed by atoms with Gasteiger partial charge in [0.1, 0.15) is 0 Å². The number of rotatable bonds is 7. The summed E-state index contributed by atoms with van der Waals surface area (Å²) in [7, 11) is 0. The van der Waals surface area contributed by atoms with E-state index in [2.05, 4.69) is 5.32 Å². The first-order valence-corrected chi connectivity index (χ1v) is 7.90. The van der Waals surface area contributed by atoms with Gasteiger partial charge in [0.15, 0.2) is 17.7 Å². The van der Waals surface area contributed by atoms with Crippen molar-refractivity contribution in [3.05, 3.63) is 59.9 Å². The lowest BCUT2D eigenvalue weighted by Crippen LogP contribution is -2.30. The Morgan fingerprint density at radius 3 is 2.36 bits per heavy atom. The van der Waals surface area contributed by atoms with Crippen molar-refractivity contribution in [2.24, 2.45) is 0 Å². The van der Waals surface area contributed by atoms with E-state index in [0.29, 0.717) is 5.69 Å². The Kier molecular flexibility index (Phi) is 6.11. The summed E-state index contributed by atoms with van der Waals surface area (Å²) in [6, 6.07) is 12.8. The summed E-state index contributed by atoms with van der Waals surface area (Å²) in [6.45, 7) is 3.36. The predicted octanol–water partition coefficient (Wildman–Crippen LogP) is 3.81. The van der Waals surface area contributed by atoms with E-state index in [1.165, 1.54) is 19.1 Å². The van der Waals surface area contributed by atoms with Crippen molar-refractivity contribution < 1.29 is 23.8 Å². The van der Waals surface area contributed by atoms with Crippen LogP contribution in [-0.4, -0.2) is 23.1 Å². The van der Waals surface area contributed by atoms with E-state index < -0.39 is 23.8 Å². The van der Waals surface area contributed by atoms with E-state index >= 15 is 0 Å². The number of hydrogen-bond acceptors (Lipinski definition) is 3.